The van der Waals surface area contributed by atoms with Crippen molar-refractivity contribution in [2.75, 3.05) is 0 Å². The van der Waals surface area contributed by atoms with Crippen LogP contribution in [0.4, 0.5) is 0 Å². The van der Waals surface area contributed by atoms with E-state index in [0.29, 0.717) is 12.5 Å². The Hall–Kier alpha value is -3.33. The topological polar surface area (TPSA) is 166 Å². The van der Waals surface area contributed by atoms with Crippen LogP contribution in [-0.4, -0.2) is 65.3 Å². The number of nitrogens with zero attached hydrogens (tertiary/aromatic N) is 3. The van der Waals surface area contributed by atoms with Gasteiger partial charge in [0.15, 0.2) is 0 Å². The second-order valence-electron chi connectivity index (χ2n) is 12.8. The summed E-state index contributed by atoms with van der Waals surface area (Å²) in [5.74, 6) is -1.93. The third kappa shape index (κ3) is 7.83. The van der Waals surface area contributed by atoms with E-state index in [0.717, 1.165) is 12.8 Å². The predicted octanol–water partition coefficient (Wildman–Crippen LogP) is 1.51. The number of rotatable bonds is 10. The van der Waals surface area contributed by atoms with Crippen molar-refractivity contribution >= 4 is 31.7 Å². The first-order chi connectivity index (χ1) is 17.6. The van der Waals surface area contributed by atoms with Gasteiger partial charge in [-0.3, -0.25) is 24.2 Å². The van der Waals surface area contributed by atoms with Crippen LogP contribution >= 0.6 is 0 Å². The van der Waals surface area contributed by atoms with E-state index in [1.54, 1.807) is 0 Å². The average Bonchev–Trinajstić information content (AvgIpc) is 3.50. The zero-order valence-electron chi connectivity index (χ0n) is 23.1. The molecule has 1 saturated heterocycles. The Kier molecular flexibility index (Phi) is 8.60. The molecule has 0 bridgehead atoms. The lowest BCUT2D eigenvalue weighted by Gasteiger charge is -2.33. The Morgan fingerprint density at radius 3 is 2.34 bits per heavy atom. The highest BCUT2D eigenvalue weighted by Gasteiger charge is 2.52. The maximum absolute atomic E-state index is 13.5. The maximum atomic E-state index is 13.5. The van der Waals surface area contributed by atoms with Crippen molar-refractivity contribution < 1.29 is 19.2 Å². The number of nitrogens with one attached hydrogen (secondary N) is 4. The van der Waals surface area contributed by atoms with E-state index < -0.39 is 49.3 Å². The summed E-state index contributed by atoms with van der Waals surface area (Å²) in [4.78, 5) is 59.8. The Morgan fingerprint density at radius 2 is 1.84 bits per heavy atom. The van der Waals surface area contributed by atoms with E-state index >= 15 is 0 Å². The van der Waals surface area contributed by atoms with Crippen LogP contribution in [-0.2, 0) is 14.4 Å². The van der Waals surface area contributed by atoms with Crippen LogP contribution in [0.2, 0.25) is 25.7 Å². The van der Waals surface area contributed by atoms with Crippen molar-refractivity contribution in [1.29, 1.82) is 5.26 Å². The highest BCUT2D eigenvalue weighted by atomic mass is 28.3. The fourth-order valence-electron chi connectivity index (χ4n) is 4.72. The van der Waals surface area contributed by atoms with E-state index in [9.17, 15) is 24.4 Å². The molecule has 1 aliphatic carbocycles. The monoisotopic (exact) mass is 541 g/mol. The van der Waals surface area contributed by atoms with Crippen molar-refractivity contribution in [3.63, 3.8) is 0 Å². The summed E-state index contributed by atoms with van der Waals surface area (Å²) in [6.45, 7) is 11.7. The van der Waals surface area contributed by atoms with Gasteiger partial charge in [0, 0.05) is 31.9 Å². The number of hydrogen-bond acceptors (Lipinski definition) is 7. The van der Waals surface area contributed by atoms with Gasteiger partial charge in [-0.1, -0.05) is 40.4 Å². The van der Waals surface area contributed by atoms with Crippen LogP contribution in [0.1, 0.15) is 56.9 Å². The lowest BCUT2D eigenvalue weighted by molar-refractivity contribution is -0.131. The Labute approximate surface area is 225 Å². The smallest absolute Gasteiger partial charge is 0.272 e. The molecule has 0 radical (unpaired) electrons. The van der Waals surface area contributed by atoms with Gasteiger partial charge in [-0.25, -0.2) is 4.98 Å². The summed E-state index contributed by atoms with van der Waals surface area (Å²) in [5, 5.41) is 21.1. The minimum Gasteiger partial charge on any atom is -0.350 e. The van der Waals surface area contributed by atoms with Gasteiger partial charge >= 0.3 is 0 Å². The van der Waals surface area contributed by atoms with Crippen molar-refractivity contribution in [3.8, 4) is 6.07 Å². The molecule has 0 aromatic carbocycles. The molecule has 1 saturated carbocycles. The van der Waals surface area contributed by atoms with Gasteiger partial charge in [-0.05, 0) is 37.1 Å². The van der Waals surface area contributed by atoms with Gasteiger partial charge in [0.05, 0.1) is 12.3 Å². The molecule has 2 heterocycles. The second-order valence-corrected chi connectivity index (χ2v) is 18.3. The SMILES string of the molecule is CC(C)(C)[C@H](NC(=O)c1cnccn1)C(=O)N[C@@H](C[Si](C)(C)C)C(=O)N[C@H](C#N)C[C@@H]1CC2(CC2)NC1=O. The lowest BCUT2D eigenvalue weighted by atomic mass is 9.85. The third-order valence-corrected chi connectivity index (χ3v) is 8.52. The van der Waals surface area contributed by atoms with Gasteiger partial charge in [-0.2, -0.15) is 5.26 Å². The van der Waals surface area contributed by atoms with Crippen LogP contribution < -0.4 is 21.3 Å². The highest BCUT2D eigenvalue weighted by molar-refractivity contribution is 6.76. The average molecular weight is 542 g/mol. The molecule has 12 heteroatoms. The number of carbonyl (C=O) groups is 4. The second kappa shape index (κ2) is 11.2. The highest BCUT2D eigenvalue weighted by Crippen LogP contribution is 2.46. The predicted molar refractivity (Wildman–Crippen MR) is 143 cm³/mol. The molecular weight excluding hydrogens is 502 g/mol. The molecule has 1 aromatic rings. The third-order valence-electron chi connectivity index (χ3n) is 6.89. The van der Waals surface area contributed by atoms with E-state index in [1.165, 1.54) is 18.6 Å². The van der Waals surface area contributed by atoms with Crippen molar-refractivity contribution in [1.82, 2.24) is 31.2 Å². The van der Waals surface area contributed by atoms with Gasteiger partial charge in [0.25, 0.3) is 5.91 Å². The van der Waals surface area contributed by atoms with Gasteiger partial charge in [-0.15, -0.1) is 0 Å². The summed E-state index contributed by atoms with van der Waals surface area (Å²) < 4.78 is 0. The van der Waals surface area contributed by atoms with E-state index in [-0.39, 0.29) is 29.5 Å². The normalized spacial score (nSPS) is 20.4. The molecule has 1 aromatic heterocycles. The molecule has 38 heavy (non-hydrogen) atoms. The summed E-state index contributed by atoms with van der Waals surface area (Å²) in [7, 11) is -1.86. The molecule has 0 unspecified atom stereocenters. The van der Waals surface area contributed by atoms with Crippen molar-refractivity contribution in [2.24, 2.45) is 11.3 Å². The molecule has 4 N–H and O–H groups in total. The quantitative estimate of drug-likeness (QED) is 0.326. The molecule has 2 aliphatic rings. The summed E-state index contributed by atoms with van der Waals surface area (Å²) >= 11 is 0. The Morgan fingerprint density at radius 1 is 1.16 bits per heavy atom. The number of amides is 4. The van der Waals surface area contributed by atoms with E-state index in [4.69, 9.17) is 0 Å². The van der Waals surface area contributed by atoms with Gasteiger partial charge in [0.2, 0.25) is 17.7 Å². The molecule has 4 amide bonds. The number of carbonyl (C=O) groups excluding carboxylic acids is 4. The van der Waals surface area contributed by atoms with Crippen LogP contribution in [0.3, 0.4) is 0 Å². The van der Waals surface area contributed by atoms with E-state index in [2.05, 4.69) is 56.9 Å². The fourth-order valence-corrected chi connectivity index (χ4v) is 6.24. The first kappa shape index (κ1) is 29.2. The van der Waals surface area contributed by atoms with Gasteiger partial charge < -0.3 is 21.3 Å². The Balaban J connectivity index is 1.71. The number of hydrogen-bond donors (Lipinski definition) is 4. The summed E-state index contributed by atoms with van der Waals surface area (Å²) in [6.07, 6.45) is 6.95. The molecule has 1 aliphatic heterocycles. The Bertz CT molecular complexity index is 1100. The van der Waals surface area contributed by atoms with Crippen LogP contribution in [0.25, 0.3) is 0 Å². The molecule has 206 valence electrons. The minimum absolute atomic E-state index is 0.0733. The number of aromatic nitrogens is 2. The zero-order chi connectivity index (χ0) is 28.3. The number of nitriles is 1. The first-order valence-electron chi connectivity index (χ1n) is 13.0. The lowest BCUT2D eigenvalue weighted by Crippen LogP contribution is -2.59. The molecule has 4 atom stereocenters. The van der Waals surface area contributed by atoms with E-state index in [1.807, 2.05) is 20.8 Å². The van der Waals surface area contributed by atoms with Crippen LogP contribution in [0.15, 0.2) is 18.6 Å². The molecule has 2 fully saturated rings. The summed E-state index contributed by atoms with van der Waals surface area (Å²) in [6, 6.07) is -0.169. The van der Waals surface area contributed by atoms with Crippen LogP contribution in [0, 0.1) is 22.7 Å². The zero-order valence-corrected chi connectivity index (χ0v) is 24.1. The largest absolute Gasteiger partial charge is 0.350 e. The first-order valence-corrected chi connectivity index (χ1v) is 16.7. The summed E-state index contributed by atoms with van der Waals surface area (Å²) in [5.41, 5.74) is -0.712. The van der Waals surface area contributed by atoms with Crippen LogP contribution in [0.5, 0.6) is 0 Å². The van der Waals surface area contributed by atoms with Crippen molar-refractivity contribution in [2.45, 2.75) is 95.8 Å². The van der Waals surface area contributed by atoms with Gasteiger partial charge in [0.1, 0.15) is 23.8 Å². The fraction of sp³-hybridized carbons (Fsp3) is 0.654. The maximum Gasteiger partial charge on any atom is 0.272 e. The standard InChI is InChI=1S/C26H39N7O4Si/c1-25(2,3)20(32-22(35)18-14-28-9-10-29-18)24(37)31-19(15-38(4,5)6)23(36)30-17(13-27)11-16-12-26(7-8-26)33-21(16)34/h9-10,14,16-17,19-20H,7-8,11-12,15H2,1-6H3,(H,30,36)(H,31,37)(H,32,35)(H,33,34)/t16-,17+,19+,20-/m1/s1. The van der Waals surface area contributed by atoms with Crippen molar-refractivity contribution in [3.05, 3.63) is 24.3 Å². The minimum atomic E-state index is -1.86. The molecular formula is C26H39N7O4Si. The molecule has 11 nitrogen and oxygen atoms in total. The molecule has 3 rings (SSSR count). The molecule has 1 spiro atoms.